The molecule has 1 saturated heterocycles. The number of amides is 1. The van der Waals surface area contributed by atoms with Gasteiger partial charge < -0.3 is 10.1 Å². The van der Waals surface area contributed by atoms with Crippen LogP contribution in [0.4, 0.5) is 13.6 Å². The standard InChI is InChI=1S/C22H25F2N5O2S/c1-22(2,3)31-21(30)26-17-7-13(29-9-15-18(8-25)27-28-19(15)10-29)11-32-20(17)14-6-12(23)4-5-16(14)24/h4-6,13,17,20H,7,9-11H2,1-3H3,(H,26,30)(H,27,28)/t13-,17+,20?/m1/s1. The Morgan fingerprint density at radius 1 is 1.38 bits per heavy atom. The van der Waals surface area contributed by atoms with E-state index in [4.69, 9.17) is 4.74 Å². The Hall–Kier alpha value is -2.64. The minimum Gasteiger partial charge on any atom is -0.444 e. The zero-order valence-electron chi connectivity index (χ0n) is 18.1. The van der Waals surface area contributed by atoms with Crippen molar-refractivity contribution in [2.45, 2.75) is 63.2 Å². The van der Waals surface area contributed by atoms with E-state index in [2.05, 4.69) is 26.5 Å². The molecule has 32 heavy (non-hydrogen) atoms. The summed E-state index contributed by atoms with van der Waals surface area (Å²) in [7, 11) is 0. The fourth-order valence-corrected chi connectivity index (χ4v) is 5.76. The molecule has 2 aliphatic rings. The molecule has 2 aromatic rings. The first-order chi connectivity index (χ1) is 15.1. The number of hydrogen-bond donors (Lipinski definition) is 2. The summed E-state index contributed by atoms with van der Waals surface area (Å²) in [6.45, 7) is 6.49. The molecule has 1 aromatic heterocycles. The fraction of sp³-hybridized carbons (Fsp3) is 0.500. The topological polar surface area (TPSA) is 94.0 Å². The zero-order valence-corrected chi connectivity index (χ0v) is 18.9. The van der Waals surface area contributed by atoms with E-state index in [1.54, 1.807) is 20.8 Å². The van der Waals surface area contributed by atoms with Gasteiger partial charge in [0.15, 0.2) is 0 Å². The lowest BCUT2D eigenvalue weighted by Crippen LogP contribution is -2.49. The van der Waals surface area contributed by atoms with Gasteiger partial charge in [0, 0.05) is 42.1 Å². The molecule has 3 heterocycles. The van der Waals surface area contributed by atoms with Gasteiger partial charge in [-0.2, -0.15) is 10.4 Å². The highest BCUT2D eigenvalue weighted by molar-refractivity contribution is 7.99. The summed E-state index contributed by atoms with van der Waals surface area (Å²) in [4.78, 5) is 14.7. The molecule has 10 heteroatoms. The molecule has 1 fully saturated rings. The van der Waals surface area contributed by atoms with E-state index in [0.29, 0.717) is 31.0 Å². The van der Waals surface area contributed by atoms with E-state index < -0.39 is 34.6 Å². The van der Waals surface area contributed by atoms with Gasteiger partial charge in [-0.05, 0) is 45.4 Å². The maximum Gasteiger partial charge on any atom is 0.407 e. The number of halogens is 2. The van der Waals surface area contributed by atoms with Crippen LogP contribution < -0.4 is 5.32 Å². The van der Waals surface area contributed by atoms with Crippen molar-refractivity contribution >= 4 is 17.9 Å². The van der Waals surface area contributed by atoms with Crippen LogP contribution in [0, 0.1) is 23.0 Å². The number of carbonyl (C=O) groups is 1. The largest absolute Gasteiger partial charge is 0.444 e. The number of nitrogens with one attached hydrogen (secondary N) is 2. The normalized spacial score (nSPS) is 23.4. The van der Waals surface area contributed by atoms with Gasteiger partial charge in [-0.25, -0.2) is 13.6 Å². The van der Waals surface area contributed by atoms with Gasteiger partial charge in [0.2, 0.25) is 0 Å². The van der Waals surface area contributed by atoms with Gasteiger partial charge in [-0.1, -0.05) is 0 Å². The maximum atomic E-state index is 14.6. The predicted molar refractivity (Wildman–Crippen MR) is 116 cm³/mol. The van der Waals surface area contributed by atoms with Crippen molar-refractivity contribution in [2.75, 3.05) is 5.75 Å². The van der Waals surface area contributed by atoms with Crippen LogP contribution in [0.25, 0.3) is 0 Å². The van der Waals surface area contributed by atoms with Gasteiger partial charge in [-0.3, -0.25) is 10.00 Å². The van der Waals surface area contributed by atoms with E-state index in [1.165, 1.54) is 17.8 Å². The van der Waals surface area contributed by atoms with Crippen molar-refractivity contribution in [3.8, 4) is 6.07 Å². The second-order valence-electron chi connectivity index (χ2n) is 9.10. The van der Waals surface area contributed by atoms with Crippen LogP contribution in [0.5, 0.6) is 0 Å². The molecule has 4 rings (SSSR count). The SMILES string of the molecule is CC(C)(C)OC(=O)N[C@H]1C[C@@H](N2Cc3n[nH]c(C#N)c3C2)CSC1c1cc(F)ccc1F. The number of rotatable bonds is 3. The Bertz CT molecular complexity index is 1060. The van der Waals surface area contributed by atoms with Crippen molar-refractivity contribution in [1.29, 1.82) is 5.26 Å². The first kappa shape index (κ1) is 22.6. The first-order valence-corrected chi connectivity index (χ1v) is 11.5. The number of ether oxygens (including phenoxy) is 1. The smallest absolute Gasteiger partial charge is 0.407 e. The molecule has 1 aromatic carbocycles. The molecule has 2 aliphatic heterocycles. The number of benzene rings is 1. The Labute approximate surface area is 189 Å². The number of alkyl carbamates (subject to hydrolysis) is 1. The predicted octanol–water partition coefficient (Wildman–Crippen LogP) is 4.02. The van der Waals surface area contributed by atoms with Gasteiger partial charge in [0.1, 0.15) is 29.0 Å². The molecule has 170 valence electrons. The van der Waals surface area contributed by atoms with Crippen molar-refractivity contribution in [1.82, 2.24) is 20.4 Å². The number of carbonyl (C=O) groups excluding carboxylic acids is 1. The molecule has 0 aliphatic carbocycles. The molecule has 0 bridgehead atoms. The summed E-state index contributed by atoms with van der Waals surface area (Å²) in [5, 5.41) is 18.7. The second-order valence-corrected chi connectivity index (χ2v) is 10.3. The van der Waals surface area contributed by atoms with Gasteiger partial charge in [0.05, 0.1) is 10.9 Å². The molecule has 0 saturated carbocycles. The van der Waals surface area contributed by atoms with Crippen LogP contribution >= 0.6 is 11.8 Å². The first-order valence-electron chi connectivity index (χ1n) is 10.4. The number of H-pyrrole nitrogens is 1. The summed E-state index contributed by atoms with van der Waals surface area (Å²) in [5.41, 5.74) is 1.77. The molecule has 2 N–H and O–H groups in total. The molecule has 1 unspecified atom stereocenters. The number of nitrogens with zero attached hydrogens (tertiary/aromatic N) is 3. The van der Waals surface area contributed by atoms with Crippen LogP contribution in [-0.4, -0.2) is 44.6 Å². The second kappa shape index (κ2) is 8.71. The number of nitriles is 1. The Morgan fingerprint density at radius 3 is 2.88 bits per heavy atom. The third-order valence-corrected chi connectivity index (χ3v) is 7.14. The zero-order chi connectivity index (χ0) is 23.0. The Kier molecular flexibility index (Phi) is 6.14. The molecular weight excluding hydrogens is 436 g/mol. The highest BCUT2D eigenvalue weighted by atomic mass is 32.2. The molecule has 1 amide bonds. The monoisotopic (exact) mass is 461 g/mol. The van der Waals surface area contributed by atoms with E-state index in [1.807, 2.05) is 0 Å². The highest BCUT2D eigenvalue weighted by Crippen LogP contribution is 2.42. The van der Waals surface area contributed by atoms with Crippen molar-refractivity contribution in [3.05, 3.63) is 52.3 Å². The lowest BCUT2D eigenvalue weighted by molar-refractivity contribution is 0.0487. The van der Waals surface area contributed by atoms with E-state index in [0.717, 1.165) is 23.4 Å². The van der Waals surface area contributed by atoms with Gasteiger partial charge in [-0.15, -0.1) is 11.8 Å². The molecule has 0 radical (unpaired) electrons. The Morgan fingerprint density at radius 2 is 2.16 bits per heavy atom. The lowest BCUT2D eigenvalue weighted by Gasteiger charge is -2.40. The third kappa shape index (κ3) is 4.74. The van der Waals surface area contributed by atoms with Crippen molar-refractivity contribution < 1.29 is 18.3 Å². The van der Waals surface area contributed by atoms with E-state index in [9.17, 15) is 18.8 Å². The van der Waals surface area contributed by atoms with E-state index >= 15 is 0 Å². The van der Waals surface area contributed by atoms with Crippen LogP contribution in [-0.2, 0) is 17.8 Å². The fourth-order valence-electron chi connectivity index (χ4n) is 4.21. The molecule has 3 atom stereocenters. The van der Waals surface area contributed by atoms with Crippen molar-refractivity contribution in [3.63, 3.8) is 0 Å². The molecular formula is C22H25F2N5O2S. The van der Waals surface area contributed by atoms with E-state index in [-0.39, 0.29) is 11.6 Å². The molecule has 7 nitrogen and oxygen atoms in total. The number of aromatic amines is 1. The lowest BCUT2D eigenvalue weighted by atomic mass is 9.97. The average molecular weight is 462 g/mol. The number of fused-ring (bicyclic) bond motifs is 1. The number of thioether (sulfide) groups is 1. The maximum absolute atomic E-state index is 14.6. The van der Waals surface area contributed by atoms with Gasteiger partial charge >= 0.3 is 6.09 Å². The van der Waals surface area contributed by atoms with Crippen molar-refractivity contribution in [2.24, 2.45) is 0 Å². The number of aromatic nitrogens is 2. The number of hydrogen-bond acceptors (Lipinski definition) is 6. The molecule has 0 spiro atoms. The minimum atomic E-state index is -0.678. The third-order valence-electron chi connectivity index (χ3n) is 5.62. The quantitative estimate of drug-likeness (QED) is 0.717. The summed E-state index contributed by atoms with van der Waals surface area (Å²) in [6, 6.07) is 5.13. The minimum absolute atomic E-state index is 0.0635. The van der Waals surface area contributed by atoms with Crippen LogP contribution in [0.1, 0.15) is 55.0 Å². The average Bonchev–Trinajstić information content (AvgIpc) is 3.29. The summed E-state index contributed by atoms with van der Waals surface area (Å²) >= 11 is 1.48. The van der Waals surface area contributed by atoms with Gasteiger partial charge in [0.25, 0.3) is 0 Å². The Balaban J connectivity index is 1.54. The highest BCUT2D eigenvalue weighted by Gasteiger charge is 2.40. The van der Waals surface area contributed by atoms with Crippen LogP contribution in [0.3, 0.4) is 0 Å². The summed E-state index contributed by atoms with van der Waals surface area (Å²) in [5.74, 6) is -0.351. The van der Waals surface area contributed by atoms with Crippen LogP contribution in [0.2, 0.25) is 0 Å². The van der Waals surface area contributed by atoms with Crippen LogP contribution in [0.15, 0.2) is 18.2 Å². The summed E-state index contributed by atoms with van der Waals surface area (Å²) in [6.07, 6.45) is -0.0603. The summed E-state index contributed by atoms with van der Waals surface area (Å²) < 4.78 is 33.9.